The number of ether oxygens (including phenoxy) is 1. The molecule has 0 fully saturated rings. The van der Waals surface area contributed by atoms with Crippen LogP contribution >= 0.6 is 11.6 Å². The van der Waals surface area contributed by atoms with Crippen LogP contribution in [0, 0.1) is 6.92 Å². The highest BCUT2D eigenvalue weighted by Gasteiger charge is 2.02. The van der Waals surface area contributed by atoms with Gasteiger partial charge < -0.3 is 10.5 Å². The molecule has 0 aliphatic heterocycles. The zero-order valence-corrected chi connectivity index (χ0v) is 10.2. The van der Waals surface area contributed by atoms with Crippen molar-refractivity contribution in [3.8, 4) is 5.75 Å². The number of nitrogens with two attached hydrogens (primary N) is 1. The molecule has 4 heteroatoms. The van der Waals surface area contributed by atoms with E-state index >= 15 is 0 Å². The van der Waals surface area contributed by atoms with E-state index in [-0.39, 0.29) is 0 Å². The number of nitrogen functional groups attached to an aromatic ring is 1. The number of hydrogen-bond acceptors (Lipinski definition) is 3. The molecule has 0 aliphatic rings. The Kier molecular flexibility index (Phi) is 3.49. The summed E-state index contributed by atoms with van der Waals surface area (Å²) in [6, 6.07) is 9.10. The van der Waals surface area contributed by atoms with Crippen molar-refractivity contribution in [1.29, 1.82) is 0 Å². The Morgan fingerprint density at radius 3 is 2.82 bits per heavy atom. The van der Waals surface area contributed by atoms with Crippen molar-refractivity contribution >= 4 is 17.3 Å². The van der Waals surface area contributed by atoms with Crippen LogP contribution in [0.4, 0.5) is 5.69 Å². The third-order valence-electron chi connectivity index (χ3n) is 2.31. The van der Waals surface area contributed by atoms with Gasteiger partial charge in [-0.15, -0.1) is 0 Å². The second-order valence-corrected chi connectivity index (χ2v) is 4.19. The zero-order chi connectivity index (χ0) is 12.3. The van der Waals surface area contributed by atoms with Gasteiger partial charge in [-0.2, -0.15) is 0 Å². The topological polar surface area (TPSA) is 48.1 Å². The highest BCUT2D eigenvalue weighted by atomic mass is 35.5. The van der Waals surface area contributed by atoms with Crippen molar-refractivity contribution in [1.82, 2.24) is 4.98 Å². The molecular formula is C13H13ClN2O. The van der Waals surface area contributed by atoms with Gasteiger partial charge in [0.25, 0.3) is 0 Å². The van der Waals surface area contributed by atoms with Crippen molar-refractivity contribution in [2.45, 2.75) is 13.5 Å². The summed E-state index contributed by atoms with van der Waals surface area (Å²) in [7, 11) is 0. The lowest BCUT2D eigenvalue weighted by Gasteiger charge is -2.08. The molecule has 0 aliphatic carbocycles. The van der Waals surface area contributed by atoms with E-state index < -0.39 is 0 Å². The fraction of sp³-hybridized carbons (Fsp3) is 0.154. The SMILES string of the molecule is Cc1cc(COc2ccc(N)cc2Cl)ccn1. The largest absolute Gasteiger partial charge is 0.487 e. The molecule has 0 bridgehead atoms. The van der Waals surface area contributed by atoms with Crippen LogP contribution < -0.4 is 10.5 Å². The van der Waals surface area contributed by atoms with Crippen LogP contribution in [-0.4, -0.2) is 4.98 Å². The molecule has 0 amide bonds. The molecule has 88 valence electrons. The van der Waals surface area contributed by atoms with Gasteiger partial charge in [-0.05, 0) is 42.8 Å². The molecule has 1 aromatic heterocycles. The van der Waals surface area contributed by atoms with E-state index in [9.17, 15) is 0 Å². The van der Waals surface area contributed by atoms with E-state index in [4.69, 9.17) is 22.1 Å². The van der Waals surface area contributed by atoms with Crippen molar-refractivity contribution in [2.24, 2.45) is 0 Å². The Bertz CT molecular complexity index is 529. The lowest BCUT2D eigenvalue weighted by atomic mass is 10.2. The molecule has 0 saturated heterocycles. The number of aromatic nitrogens is 1. The maximum Gasteiger partial charge on any atom is 0.138 e. The van der Waals surface area contributed by atoms with Crippen LogP contribution in [0.2, 0.25) is 5.02 Å². The molecule has 1 aromatic carbocycles. The van der Waals surface area contributed by atoms with Crippen LogP contribution in [-0.2, 0) is 6.61 Å². The molecule has 0 saturated carbocycles. The Hall–Kier alpha value is -1.74. The van der Waals surface area contributed by atoms with Crippen LogP contribution in [0.25, 0.3) is 0 Å². The maximum absolute atomic E-state index is 6.01. The quantitative estimate of drug-likeness (QED) is 0.849. The van der Waals surface area contributed by atoms with Gasteiger partial charge in [0.05, 0.1) is 5.02 Å². The Morgan fingerprint density at radius 2 is 2.12 bits per heavy atom. The summed E-state index contributed by atoms with van der Waals surface area (Å²) in [5, 5.41) is 0.524. The molecule has 0 unspecified atom stereocenters. The van der Waals surface area contributed by atoms with Crippen LogP contribution in [0.3, 0.4) is 0 Å². The van der Waals surface area contributed by atoms with Crippen LogP contribution in [0.5, 0.6) is 5.75 Å². The van der Waals surface area contributed by atoms with Crippen LogP contribution in [0.15, 0.2) is 36.5 Å². The normalized spacial score (nSPS) is 10.2. The monoisotopic (exact) mass is 248 g/mol. The first-order valence-electron chi connectivity index (χ1n) is 5.24. The van der Waals surface area contributed by atoms with E-state index in [0.29, 0.717) is 23.1 Å². The summed E-state index contributed by atoms with van der Waals surface area (Å²) in [5.41, 5.74) is 8.26. The van der Waals surface area contributed by atoms with Crippen molar-refractivity contribution in [2.75, 3.05) is 5.73 Å². The number of hydrogen-bond donors (Lipinski definition) is 1. The van der Waals surface area contributed by atoms with Gasteiger partial charge in [-0.1, -0.05) is 11.6 Å². The van der Waals surface area contributed by atoms with Crippen molar-refractivity contribution in [3.05, 3.63) is 52.8 Å². The third kappa shape index (κ3) is 3.11. The van der Waals surface area contributed by atoms with Gasteiger partial charge in [0.15, 0.2) is 0 Å². The summed E-state index contributed by atoms with van der Waals surface area (Å²) < 4.78 is 5.62. The molecule has 2 N–H and O–H groups in total. The van der Waals surface area contributed by atoms with E-state index in [0.717, 1.165) is 11.3 Å². The second-order valence-electron chi connectivity index (χ2n) is 3.78. The predicted molar refractivity (Wildman–Crippen MR) is 69.2 cm³/mol. The molecule has 0 spiro atoms. The third-order valence-corrected chi connectivity index (χ3v) is 2.61. The predicted octanol–water partition coefficient (Wildman–Crippen LogP) is 3.20. The average molecular weight is 249 g/mol. The second kappa shape index (κ2) is 5.06. The van der Waals surface area contributed by atoms with Crippen molar-refractivity contribution < 1.29 is 4.74 Å². The highest BCUT2D eigenvalue weighted by Crippen LogP contribution is 2.27. The molecule has 0 atom stereocenters. The number of aryl methyl sites for hydroxylation is 1. The number of rotatable bonds is 3. The first-order valence-corrected chi connectivity index (χ1v) is 5.62. The number of halogens is 1. The van der Waals surface area contributed by atoms with E-state index in [1.807, 2.05) is 19.1 Å². The first kappa shape index (κ1) is 11.7. The van der Waals surface area contributed by atoms with Crippen LogP contribution in [0.1, 0.15) is 11.3 Å². The Labute approximate surface area is 105 Å². The van der Waals surface area contributed by atoms with Gasteiger partial charge in [0.2, 0.25) is 0 Å². The lowest BCUT2D eigenvalue weighted by Crippen LogP contribution is -1.97. The molecular weight excluding hydrogens is 236 g/mol. The standard InChI is InChI=1S/C13H13ClN2O/c1-9-6-10(4-5-16-9)8-17-13-3-2-11(15)7-12(13)14/h2-7H,8,15H2,1H3. The minimum atomic E-state index is 0.465. The summed E-state index contributed by atoms with van der Waals surface area (Å²) in [4.78, 5) is 4.13. The zero-order valence-electron chi connectivity index (χ0n) is 9.48. The lowest BCUT2D eigenvalue weighted by molar-refractivity contribution is 0.306. The van der Waals surface area contributed by atoms with Crippen molar-refractivity contribution in [3.63, 3.8) is 0 Å². The maximum atomic E-state index is 6.01. The minimum absolute atomic E-state index is 0.465. The fourth-order valence-electron chi connectivity index (χ4n) is 1.49. The minimum Gasteiger partial charge on any atom is -0.487 e. The molecule has 1 heterocycles. The van der Waals surface area contributed by atoms with E-state index in [1.54, 1.807) is 24.4 Å². The summed E-state index contributed by atoms with van der Waals surface area (Å²) in [6.45, 7) is 2.41. The fourth-order valence-corrected chi connectivity index (χ4v) is 1.73. The Balaban J connectivity index is 2.07. The van der Waals surface area contributed by atoms with Gasteiger partial charge in [-0.25, -0.2) is 0 Å². The summed E-state index contributed by atoms with van der Waals surface area (Å²) in [6.07, 6.45) is 1.76. The number of benzene rings is 1. The van der Waals surface area contributed by atoms with Gasteiger partial charge in [0.1, 0.15) is 12.4 Å². The molecule has 17 heavy (non-hydrogen) atoms. The first-order chi connectivity index (χ1) is 8.15. The molecule has 3 nitrogen and oxygen atoms in total. The number of pyridine rings is 1. The molecule has 2 rings (SSSR count). The summed E-state index contributed by atoms with van der Waals surface area (Å²) in [5.74, 6) is 0.635. The summed E-state index contributed by atoms with van der Waals surface area (Å²) >= 11 is 6.01. The number of nitrogens with zero attached hydrogens (tertiary/aromatic N) is 1. The van der Waals surface area contributed by atoms with Gasteiger partial charge in [0, 0.05) is 17.6 Å². The Morgan fingerprint density at radius 1 is 1.29 bits per heavy atom. The highest BCUT2D eigenvalue weighted by molar-refractivity contribution is 6.32. The van der Waals surface area contributed by atoms with E-state index in [1.165, 1.54) is 0 Å². The molecule has 0 radical (unpaired) electrons. The number of anilines is 1. The van der Waals surface area contributed by atoms with Gasteiger partial charge >= 0.3 is 0 Å². The smallest absolute Gasteiger partial charge is 0.138 e. The average Bonchev–Trinajstić information content (AvgIpc) is 2.28. The van der Waals surface area contributed by atoms with E-state index in [2.05, 4.69) is 4.98 Å². The molecule has 2 aromatic rings. The van der Waals surface area contributed by atoms with Gasteiger partial charge in [-0.3, -0.25) is 4.98 Å².